The van der Waals surface area contributed by atoms with Gasteiger partial charge in [-0.25, -0.2) is 4.79 Å². The average molecular weight is 365 g/mol. The van der Waals surface area contributed by atoms with Crippen LogP contribution in [0.15, 0.2) is 42.5 Å². The molecule has 1 atom stereocenters. The number of carbonyl (C=O) groups excluding carboxylic acids is 2. The lowest BCUT2D eigenvalue weighted by molar-refractivity contribution is -0.119. The maximum atomic E-state index is 12.9. The largest absolute Gasteiger partial charge is 0.335 e. The Labute approximate surface area is 160 Å². The van der Waals surface area contributed by atoms with Crippen LogP contribution in [-0.2, 0) is 4.79 Å². The summed E-state index contributed by atoms with van der Waals surface area (Å²) in [6.07, 6.45) is 7.29. The van der Waals surface area contributed by atoms with E-state index in [4.69, 9.17) is 0 Å². The van der Waals surface area contributed by atoms with Gasteiger partial charge in [-0.15, -0.1) is 0 Å². The molecule has 1 saturated carbocycles. The van der Waals surface area contributed by atoms with Gasteiger partial charge < -0.3 is 15.5 Å². The fourth-order valence-corrected chi connectivity index (χ4v) is 4.34. The minimum absolute atomic E-state index is 0.0857. The monoisotopic (exact) mass is 365 g/mol. The van der Waals surface area contributed by atoms with Gasteiger partial charge in [0.25, 0.3) is 0 Å². The Morgan fingerprint density at radius 2 is 1.67 bits per heavy atom. The number of likely N-dealkylation sites (tertiary alicyclic amines) is 1. The van der Waals surface area contributed by atoms with Crippen LogP contribution in [0.1, 0.15) is 44.9 Å². The zero-order chi connectivity index (χ0) is 18.6. The molecule has 0 radical (unpaired) electrons. The van der Waals surface area contributed by atoms with E-state index in [1.807, 2.05) is 42.5 Å². The summed E-state index contributed by atoms with van der Waals surface area (Å²) in [5.74, 6) is -0.0948. The maximum absolute atomic E-state index is 12.9. The van der Waals surface area contributed by atoms with Gasteiger partial charge >= 0.3 is 6.03 Å². The number of nitrogens with zero attached hydrogens (tertiary/aromatic N) is 1. The number of anilines is 1. The molecule has 0 aromatic heterocycles. The van der Waals surface area contributed by atoms with Crippen molar-refractivity contribution in [3.8, 4) is 0 Å². The lowest BCUT2D eigenvalue weighted by atomic mass is 9.96. The van der Waals surface area contributed by atoms with E-state index in [0.717, 1.165) is 35.7 Å². The zero-order valence-electron chi connectivity index (χ0n) is 15.6. The average Bonchev–Trinajstić information content (AvgIpc) is 3.19. The number of hydrogen-bond acceptors (Lipinski definition) is 2. The Morgan fingerprint density at radius 1 is 0.889 bits per heavy atom. The molecular formula is C22H27N3O2. The summed E-state index contributed by atoms with van der Waals surface area (Å²) in [6.45, 7) is 0.645. The van der Waals surface area contributed by atoms with Crippen LogP contribution in [0.25, 0.3) is 10.8 Å². The number of benzene rings is 2. The molecule has 1 aliphatic heterocycles. The fourth-order valence-electron chi connectivity index (χ4n) is 4.34. The Hall–Kier alpha value is -2.56. The van der Waals surface area contributed by atoms with Crippen LogP contribution in [0, 0.1) is 0 Å². The molecule has 2 fully saturated rings. The molecule has 5 heteroatoms. The third kappa shape index (κ3) is 3.92. The van der Waals surface area contributed by atoms with Gasteiger partial charge in [0.2, 0.25) is 5.91 Å². The van der Waals surface area contributed by atoms with E-state index in [2.05, 4.69) is 10.6 Å². The Balaban J connectivity index is 1.44. The molecule has 2 aromatic rings. The number of fused-ring (bicyclic) bond motifs is 1. The Morgan fingerprint density at radius 3 is 2.52 bits per heavy atom. The quantitative estimate of drug-likeness (QED) is 0.852. The minimum atomic E-state index is -0.396. The van der Waals surface area contributed by atoms with Crippen molar-refractivity contribution in [3.05, 3.63) is 42.5 Å². The molecule has 1 heterocycles. The summed E-state index contributed by atoms with van der Waals surface area (Å²) in [7, 11) is 0. The van der Waals surface area contributed by atoms with Gasteiger partial charge in [0.15, 0.2) is 0 Å². The van der Waals surface area contributed by atoms with E-state index in [9.17, 15) is 9.59 Å². The summed E-state index contributed by atoms with van der Waals surface area (Å²) >= 11 is 0. The van der Waals surface area contributed by atoms with Crippen molar-refractivity contribution in [2.75, 3.05) is 11.9 Å². The number of amides is 3. The zero-order valence-corrected chi connectivity index (χ0v) is 15.6. The summed E-state index contributed by atoms with van der Waals surface area (Å²) in [6, 6.07) is 13.7. The highest BCUT2D eigenvalue weighted by atomic mass is 16.2. The molecule has 2 aromatic carbocycles. The number of nitrogens with one attached hydrogen (secondary N) is 2. The standard InChI is InChI=1S/C22H27N3O2/c26-21(24-19-13-6-9-16-8-4-5-12-18(16)19)20-14-7-15-25(20)22(27)23-17-10-2-1-3-11-17/h4-6,8-9,12-13,17,20H,1-3,7,10-11,14-15H2,(H,23,27)(H,24,26)/t20-/m0/s1. The highest BCUT2D eigenvalue weighted by Crippen LogP contribution is 2.25. The summed E-state index contributed by atoms with van der Waals surface area (Å²) in [5, 5.41) is 8.31. The second kappa shape index (κ2) is 7.99. The summed E-state index contributed by atoms with van der Waals surface area (Å²) in [5.41, 5.74) is 0.803. The first kappa shape index (κ1) is 17.8. The van der Waals surface area contributed by atoms with Crippen molar-refractivity contribution in [1.29, 1.82) is 0 Å². The van der Waals surface area contributed by atoms with Crippen LogP contribution in [0.5, 0.6) is 0 Å². The molecule has 2 aliphatic rings. The van der Waals surface area contributed by atoms with E-state index in [1.54, 1.807) is 4.90 Å². The van der Waals surface area contributed by atoms with E-state index >= 15 is 0 Å². The van der Waals surface area contributed by atoms with Crippen LogP contribution in [0.2, 0.25) is 0 Å². The molecule has 1 saturated heterocycles. The van der Waals surface area contributed by atoms with E-state index in [0.29, 0.717) is 13.0 Å². The number of urea groups is 1. The second-order valence-electron chi connectivity index (χ2n) is 7.65. The third-order valence-electron chi connectivity index (χ3n) is 5.80. The number of rotatable bonds is 3. The number of hydrogen-bond donors (Lipinski definition) is 2. The van der Waals surface area contributed by atoms with Gasteiger partial charge in [-0.2, -0.15) is 0 Å². The van der Waals surface area contributed by atoms with Crippen LogP contribution in [-0.4, -0.2) is 35.5 Å². The van der Waals surface area contributed by atoms with Gasteiger partial charge in [-0.05, 0) is 37.1 Å². The topological polar surface area (TPSA) is 61.4 Å². The van der Waals surface area contributed by atoms with Crippen molar-refractivity contribution in [1.82, 2.24) is 10.2 Å². The van der Waals surface area contributed by atoms with Gasteiger partial charge in [-0.1, -0.05) is 55.7 Å². The predicted octanol–water partition coefficient (Wildman–Crippen LogP) is 4.29. The smallest absolute Gasteiger partial charge is 0.318 e. The molecule has 2 N–H and O–H groups in total. The Bertz CT molecular complexity index is 824. The van der Waals surface area contributed by atoms with Crippen molar-refractivity contribution in [2.45, 2.75) is 57.0 Å². The summed E-state index contributed by atoms with van der Waals surface area (Å²) in [4.78, 5) is 27.4. The highest BCUT2D eigenvalue weighted by molar-refractivity contribution is 6.04. The molecule has 0 spiro atoms. The lowest BCUT2D eigenvalue weighted by Crippen LogP contribution is -2.50. The van der Waals surface area contributed by atoms with E-state index in [1.165, 1.54) is 19.3 Å². The lowest BCUT2D eigenvalue weighted by Gasteiger charge is -2.29. The molecule has 27 heavy (non-hydrogen) atoms. The summed E-state index contributed by atoms with van der Waals surface area (Å²) < 4.78 is 0. The van der Waals surface area contributed by atoms with Crippen LogP contribution >= 0.6 is 0 Å². The van der Waals surface area contributed by atoms with Crippen LogP contribution in [0.4, 0.5) is 10.5 Å². The van der Waals surface area contributed by atoms with E-state index < -0.39 is 6.04 Å². The van der Waals surface area contributed by atoms with Crippen molar-refractivity contribution in [3.63, 3.8) is 0 Å². The molecule has 142 valence electrons. The van der Waals surface area contributed by atoms with Crippen LogP contribution < -0.4 is 10.6 Å². The first-order valence-corrected chi connectivity index (χ1v) is 10.1. The third-order valence-corrected chi connectivity index (χ3v) is 5.80. The van der Waals surface area contributed by atoms with Gasteiger partial charge in [0.1, 0.15) is 6.04 Å². The molecule has 1 aliphatic carbocycles. The minimum Gasteiger partial charge on any atom is -0.335 e. The first-order chi connectivity index (χ1) is 13.2. The molecule has 0 unspecified atom stereocenters. The molecule has 5 nitrogen and oxygen atoms in total. The second-order valence-corrected chi connectivity index (χ2v) is 7.65. The van der Waals surface area contributed by atoms with Crippen molar-refractivity contribution in [2.24, 2.45) is 0 Å². The first-order valence-electron chi connectivity index (χ1n) is 10.1. The SMILES string of the molecule is O=C(Nc1cccc2ccccc12)[C@@H]1CCCN1C(=O)NC1CCCCC1. The normalized spacial score (nSPS) is 20.6. The molecule has 0 bridgehead atoms. The predicted molar refractivity (Wildman–Crippen MR) is 108 cm³/mol. The molecule has 4 rings (SSSR count). The van der Waals surface area contributed by atoms with Crippen molar-refractivity contribution < 1.29 is 9.59 Å². The molecular weight excluding hydrogens is 338 g/mol. The van der Waals surface area contributed by atoms with Gasteiger partial charge in [0, 0.05) is 23.7 Å². The fraction of sp³-hybridized carbons (Fsp3) is 0.455. The molecule has 3 amide bonds. The number of carbonyl (C=O) groups is 2. The Kier molecular flexibility index (Phi) is 5.28. The van der Waals surface area contributed by atoms with Gasteiger partial charge in [0.05, 0.1) is 0 Å². The van der Waals surface area contributed by atoms with Crippen molar-refractivity contribution >= 4 is 28.4 Å². The maximum Gasteiger partial charge on any atom is 0.318 e. The van der Waals surface area contributed by atoms with Crippen LogP contribution in [0.3, 0.4) is 0 Å². The van der Waals surface area contributed by atoms with E-state index in [-0.39, 0.29) is 18.0 Å². The highest BCUT2D eigenvalue weighted by Gasteiger charge is 2.35. The van der Waals surface area contributed by atoms with Gasteiger partial charge in [-0.3, -0.25) is 4.79 Å².